The zero-order valence-corrected chi connectivity index (χ0v) is 9.58. The topological polar surface area (TPSA) is 0 Å². The average molecular weight is 194 g/mol. The Hall–Kier alpha value is -0.430. The van der Waals surface area contributed by atoms with Crippen molar-refractivity contribution in [2.45, 2.75) is 38.5 Å². The van der Waals surface area contributed by atoms with E-state index in [0.717, 1.165) is 0 Å². The van der Waals surface area contributed by atoms with Crippen molar-refractivity contribution >= 4 is 11.8 Å². The average Bonchev–Trinajstić information content (AvgIpc) is 2.10. The first kappa shape index (κ1) is 10.6. The van der Waals surface area contributed by atoms with E-state index >= 15 is 0 Å². The molecule has 0 saturated heterocycles. The van der Waals surface area contributed by atoms with E-state index in [1.165, 1.54) is 34.6 Å². The van der Waals surface area contributed by atoms with Crippen LogP contribution in [0.4, 0.5) is 0 Å². The van der Waals surface area contributed by atoms with Gasteiger partial charge in [0.05, 0.1) is 0 Å². The monoisotopic (exact) mass is 194 g/mol. The van der Waals surface area contributed by atoms with E-state index in [9.17, 15) is 0 Å². The van der Waals surface area contributed by atoms with Crippen molar-refractivity contribution in [1.82, 2.24) is 0 Å². The van der Waals surface area contributed by atoms with E-state index in [4.69, 9.17) is 0 Å². The lowest BCUT2D eigenvalue weighted by atomic mass is 10.1. The second-order valence-corrected chi connectivity index (χ2v) is 4.60. The molecule has 0 bridgehead atoms. The Labute approximate surface area is 85.7 Å². The van der Waals surface area contributed by atoms with Gasteiger partial charge in [0.25, 0.3) is 0 Å². The van der Waals surface area contributed by atoms with Crippen LogP contribution in [0.3, 0.4) is 0 Å². The van der Waals surface area contributed by atoms with Crippen LogP contribution in [0.15, 0.2) is 23.1 Å². The predicted octanol–water partition coefficient (Wildman–Crippen LogP) is 4.06. The quantitative estimate of drug-likeness (QED) is 0.651. The SMILES string of the molecule is CCCc1cc(C)ccc1SCC. The predicted molar refractivity (Wildman–Crippen MR) is 61.6 cm³/mol. The van der Waals surface area contributed by atoms with E-state index in [0.29, 0.717) is 0 Å². The van der Waals surface area contributed by atoms with E-state index in [2.05, 4.69) is 39.0 Å². The molecule has 1 aromatic carbocycles. The van der Waals surface area contributed by atoms with Crippen LogP contribution in [0.2, 0.25) is 0 Å². The van der Waals surface area contributed by atoms with Crippen molar-refractivity contribution in [3.8, 4) is 0 Å². The fourth-order valence-corrected chi connectivity index (χ4v) is 2.29. The molecule has 1 rings (SSSR count). The Bertz CT molecular complexity index is 266. The van der Waals surface area contributed by atoms with Crippen LogP contribution in [0.5, 0.6) is 0 Å². The molecular formula is C12H18S. The lowest BCUT2D eigenvalue weighted by Gasteiger charge is -2.07. The van der Waals surface area contributed by atoms with E-state index < -0.39 is 0 Å². The number of rotatable bonds is 4. The number of thioether (sulfide) groups is 1. The van der Waals surface area contributed by atoms with Crippen LogP contribution < -0.4 is 0 Å². The van der Waals surface area contributed by atoms with Crippen LogP contribution in [0, 0.1) is 6.92 Å². The highest BCUT2D eigenvalue weighted by Crippen LogP contribution is 2.24. The Morgan fingerprint density at radius 3 is 2.62 bits per heavy atom. The molecular weight excluding hydrogens is 176 g/mol. The first-order valence-corrected chi connectivity index (χ1v) is 5.98. The molecule has 0 heterocycles. The van der Waals surface area contributed by atoms with Gasteiger partial charge in [-0.25, -0.2) is 0 Å². The molecule has 13 heavy (non-hydrogen) atoms. The smallest absolute Gasteiger partial charge is 0.0104 e. The lowest BCUT2D eigenvalue weighted by molar-refractivity contribution is 0.898. The van der Waals surface area contributed by atoms with Gasteiger partial charge in [-0.3, -0.25) is 0 Å². The minimum atomic E-state index is 1.17. The van der Waals surface area contributed by atoms with Crippen molar-refractivity contribution in [2.75, 3.05) is 5.75 Å². The Morgan fingerprint density at radius 2 is 2.00 bits per heavy atom. The minimum absolute atomic E-state index is 1.17. The molecule has 0 radical (unpaired) electrons. The molecule has 1 aromatic rings. The van der Waals surface area contributed by atoms with Gasteiger partial charge < -0.3 is 0 Å². The molecule has 0 aliphatic heterocycles. The van der Waals surface area contributed by atoms with Gasteiger partial charge in [0.15, 0.2) is 0 Å². The summed E-state index contributed by atoms with van der Waals surface area (Å²) in [5.74, 6) is 1.17. The summed E-state index contributed by atoms with van der Waals surface area (Å²) in [5, 5.41) is 0. The van der Waals surface area contributed by atoms with Gasteiger partial charge >= 0.3 is 0 Å². The van der Waals surface area contributed by atoms with Crippen LogP contribution >= 0.6 is 11.8 Å². The van der Waals surface area contributed by atoms with E-state index in [1.807, 2.05) is 11.8 Å². The molecule has 0 aliphatic rings. The summed E-state index contributed by atoms with van der Waals surface area (Å²) in [6, 6.07) is 6.78. The Balaban J connectivity index is 2.89. The summed E-state index contributed by atoms with van der Waals surface area (Å²) in [6.07, 6.45) is 2.45. The molecule has 0 unspecified atom stereocenters. The maximum Gasteiger partial charge on any atom is 0.0104 e. The minimum Gasteiger partial charge on any atom is -0.126 e. The van der Waals surface area contributed by atoms with Gasteiger partial charge in [0, 0.05) is 4.90 Å². The third-order valence-electron chi connectivity index (χ3n) is 2.04. The fourth-order valence-electron chi connectivity index (χ4n) is 1.47. The molecule has 0 nitrogen and oxygen atoms in total. The second-order valence-electron chi connectivity index (χ2n) is 3.29. The van der Waals surface area contributed by atoms with Crippen LogP contribution in [-0.4, -0.2) is 5.75 Å². The molecule has 0 atom stereocenters. The van der Waals surface area contributed by atoms with Gasteiger partial charge in [-0.1, -0.05) is 38.0 Å². The molecule has 0 aromatic heterocycles. The number of benzene rings is 1. The summed E-state index contributed by atoms with van der Waals surface area (Å²) in [6.45, 7) is 6.61. The van der Waals surface area contributed by atoms with Gasteiger partial charge in [-0.2, -0.15) is 0 Å². The normalized spacial score (nSPS) is 10.4. The van der Waals surface area contributed by atoms with Crippen molar-refractivity contribution in [3.63, 3.8) is 0 Å². The van der Waals surface area contributed by atoms with Crippen LogP contribution in [0.25, 0.3) is 0 Å². The third-order valence-corrected chi connectivity index (χ3v) is 3.03. The molecule has 1 heteroatoms. The Morgan fingerprint density at radius 1 is 1.23 bits per heavy atom. The van der Waals surface area contributed by atoms with Crippen LogP contribution in [-0.2, 0) is 6.42 Å². The van der Waals surface area contributed by atoms with Crippen molar-refractivity contribution in [2.24, 2.45) is 0 Å². The first-order chi connectivity index (χ1) is 6.27. The van der Waals surface area contributed by atoms with Gasteiger partial charge in [0.2, 0.25) is 0 Å². The molecule has 0 amide bonds. The van der Waals surface area contributed by atoms with E-state index in [1.54, 1.807) is 0 Å². The standard InChI is InChI=1S/C12H18S/c1-4-6-11-9-10(3)7-8-12(11)13-5-2/h7-9H,4-6H2,1-3H3. The molecule has 0 aliphatic carbocycles. The molecule has 0 saturated carbocycles. The van der Waals surface area contributed by atoms with Crippen LogP contribution in [0.1, 0.15) is 31.4 Å². The van der Waals surface area contributed by atoms with E-state index in [-0.39, 0.29) is 0 Å². The largest absolute Gasteiger partial charge is 0.126 e. The lowest BCUT2D eigenvalue weighted by Crippen LogP contribution is -1.89. The second kappa shape index (κ2) is 5.33. The molecule has 0 N–H and O–H groups in total. The first-order valence-electron chi connectivity index (χ1n) is 5.00. The number of aryl methyl sites for hydroxylation is 2. The summed E-state index contributed by atoms with van der Waals surface area (Å²) < 4.78 is 0. The van der Waals surface area contributed by atoms with Crippen molar-refractivity contribution in [1.29, 1.82) is 0 Å². The van der Waals surface area contributed by atoms with Crippen molar-refractivity contribution < 1.29 is 0 Å². The zero-order chi connectivity index (χ0) is 9.68. The summed E-state index contributed by atoms with van der Waals surface area (Å²) in [5.41, 5.74) is 2.90. The third kappa shape index (κ3) is 3.07. The highest BCUT2D eigenvalue weighted by Gasteiger charge is 2.01. The maximum absolute atomic E-state index is 2.32. The van der Waals surface area contributed by atoms with Gasteiger partial charge in [0.1, 0.15) is 0 Å². The van der Waals surface area contributed by atoms with Crippen molar-refractivity contribution in [3.05, 3.63) is 29.3 Å². The fraction of sp³-hybridized carbons (Fsp3) is 0.500. The maximum atomic E-state index is 2.32. The van der Waals surface area contributed by atoms with Gasteiger partial charge in [-0.05, 0) is 30.7 Å². The van der Waals surface area contributed by atoms with Gasteiger partial charge in [-0.15, -0.1) is 11.8 Å². The number of hydrogen-bond donors (Lipinski definition) is 0. The molecule has 0 spiro atoms. The zero-order valence-electron chi connectivity index (χ0n) is 8.76. The highest BCUT2D eigenvalue weighted by molar-refractivity contribution is 7.99. The highest BCUT2D eigenvalue weighted by atomic mass is 32.2. The summed E-state index contributed by atoms with van der Waals surface area (Å²) in [4.78, 5) is 1.47. The summed E-state index contributed by atoms with van der Waals surface area (Å²) >= 11 is 1.95. The molecule has 72 valence electrons. The Kier molecular flexibility index (Phi) is 4.37. The molecule has 0 fully saturated rings. The summed E-state index contributed by atoms with van der Waals surface area (Å²) in [7, 11) is 0. The number of hydrogen-bond acceptors (Lipinski definition) is 1.